The highest BCUT2D eigenvalue weighted by atomic mass is 32.2. The number of pyridine rings is 1. The third-order valence-corrected chi connectivity index (χ3v) is 6.87. The van der Waals surface area contributed by atoms with Crippen molar-refractivity contribution < 1.29 is 14.4 Å². The quantitative estimate of drug-likeness (QED) is 0.532. The van der Waals surface area contributed by atoms with Gasteiger partial charge in [-0.05, 0) is 30.0 Å². The Morgan fingerprint density at radius 2 is 2.04 bits per heavy atom. The van der Waals surface area contributed by atoms with Crippen molar-refractivity contribution in [2.75, 3.05) is 31.9 Å². The summed E-state index contributed by atoms with van der Waals surface area (Å²) in [5.74, 6) is 0.0978. The molecule has 2 aromatic rings. The van der Waals surface area contributed by atoms with Crippen molar-refractivity contribution in [1.29, 1.82) is 0 Å². The number of hydrogen-bond donors (Lipinski definition) is 0. The summed E-state index contributed by atoms with van der Waals surface area (Å²) in [5.41, 5.74) is 0. The summed E-state index contributed by atoms with van der Waals surface area (Å²) in [6.07, 6.45) is 4.05. The lowest BCUT2D eigenvalue weighted by Crippen LogP contribution is -2.55. The van der Waals surface area contributed by atoms with Gasteiger partial charge in [-0.25, -0.2) is 4.79 Å². The van der Waals surface area contributed by atoms with E-state index in [0.29, 0.717) is 31.8 Å². The van der Waals surface area contributed by atoms with Gasteiger partial charge in [0.2, 0.25) is 5.91 Å². The summed E-state index contributed by atoms with van der Waals surface area (Å²) in [6.45, 7) is 1.52. The van der Waals surface area contributed by atoms with E-state index in [4.69, 9.17) is 0 Å². The van der Waals surface area contributed by atoms with Gasteiger partial charge in [0.15, 0.2) is 0 Å². The van der Waals surface area contributed by atoms with Crippen molar-refractivity contribution in [3.63, 3.8) is 0 Å². The van der Waals surface area contributed by atoms with E-state index in [1.54, 1.807) is 33.5 Å². The molecule has 4 heterocycles. The lowest BCUT2D eigenvalue weighted by molar-refractivity contribution is -0.134. The van der Waals surface area contributed by atoms with Crippen molar-refractivity contribution >= 4 is 40.9 Å². The van der Waals surface area contributed by atoms with Crippen LogP contribution in [-0.4, -0.2) is 75.5 Å². The van der Waals surface area contributed by atoms with Gasteiger partial charge in [-0.1, -0.05) is 6.07 Å². The Hall–Kier alpha value is -2.39. The SMILES string of the molecule is O=C(CSc1ccncc1)N1CCN2C(=O)N(CCc3cccs3)C(=O)[C@H]2C1. The van der Waals surface area contributed by atoms with Gasteiger partial charge < -0.3 is 9.80 Å². The Kier molecular flexibility index (Phi) is 5.63. The average molecular weight is 417 g/mol. The molecule has 2 aliphatic rings. The zero-order valence-electron chi connectivity index (χ0n) is 15.2. The van der Waals surface area contributed by atoms with E-state index in [2.05, 4.69) is 4.98 Å². The third kappa shape index (κ3) is 3.90. The second-order valence-electron chi connectivity index (χ2n) is 6.62. The number of aromatic nitrogens is 1. The molecule has 0 aliphatic carbocycles. The van der Waals surface area contributed by atoms with Crippen LogP contribution < -0.4 is 0 Å². The predicted molar refractivity (Wildman–Crippen MR) is 107 cm³/mol. The van der Waals surface area contributed by atoms with E-state index in [0.717, 1.165) is 9.77 Å². The minimum absolute atomic E-state index is 0.0150. The molecular formula is C19H20N4O3S2. The van der Waals surface area contributed by atoms with Crippen LogP contribution >= 0.6 is 23.1 Å². The molecule has 2 aliphatic heterocycles. The van der Waals surface area contributed by atoms with E-state index >= 15 is 0 Å². The molecule has 0 N–H and O–H groups in total. The number of fused-ring (bicyclic) bond motifs is 1. The summed E-state index contributed by atoms with van der Waals surface area (Å²) in [4.78, 5) is 48.7. The van der Waals surface area contributed by atoms with Crippen LogP contribution in [0.4, 0.5) is 4.79 Å². The van der Waals surface area contributed by atoms with Crippen molar-refractivity contribution in [2.45, 2.75) is 17.4 Å². The van der Waals surface area contributed by atoms with E-state index < -0.39 is 6.04 Å². The largest absolute Gasteiger partial charge is 0.338 e. The molecule has 0 saturated carbocycles. The van der Waals surface area contributed by atoms with Crippen LogP contribution in [0, 0.1) is 0 Å². The lowest BCUT2D eigenvalue weighted by atomic mass is 10.2. The molecule has 4 amide bonds. The number of imide groups is 1. The normalized spacial score (nSPS) is 19.3. The molecule has 0 aromatic carbocycles. The van der Waals surface area contributed by atoms with Gasteiger partial charge in [-0.3, -0.25) is 19.5 Å². The minimum atomic E-state index is -0.556. The van der Waals surface area contributed by atoms with Crippen LogP contribution in [0.2, 0.25) is 0 Å². The molecule has 2 saturated heterocycles. The summed E-state index contributed by atoms with van der Waals surface area (Å²) < 4.78 is 0. The van der Waals surface area contributed by atoms with Gasteiger partial charge in [0.25, 0.3) is 5.91 Å². The number of piperazine rings is 1. The number of carbonyl (C=O) groups excluding carboxylic acids is 3. The minimum Gasteiger partial charge on any atom is -0.338 e. The molecule has 0 radical (unpaired) electrons. The van der Waals surface area contributed by atoms with Gasteiger partial charge in [-0.15, -0.1) is 23.1 Å². The number of hydrogen-bond acceptors (Lipinski definition) is 6. The van der Waals surface area contributed by atoms with Gasteiger partial charge in [0, 0.05) is 41.8 Å². The van der Waals surface area contributed by atoms with E-state index in [1.165, 1.54) is 16.7 Å². The maximum atomic E-state index is 12.8. The van der Waals surface area contributed by atoms with Crippen LogP contribution in [0.1, 0.15) is 4.88 Å². The summed E-state index contributed by atoms with van der Waals surface area (Å²) >= 11 is 3.07. The van der Waals surface area contributed by atoms with Crippen LogP contribution in [-0.2, 0) is 16.0 Å². The zero-order valence-corrected chi connectivity index (χ0v) is 16.8. The number of nitrogens with zero attached hydrogens (tertiary/aromatic N) is 4. The van der Waals surface area contributed by atoms with Crippen LogP contribution in [0.15, 0.2) is 46.9 Å². The monoisotopic (exact) mass is 416 g/mol. The highest BCUT2D eigenvalue weighted by Gasteiger charge is 2.47. The molecule has 0 unspecified atom stereocenters. The highest BCUT2D eigenvalue weighted by molar-refractivity contribution is 8.00. The molecule has 28 heavy (non-hydrogen) atoms. The Bertz CT molecular complexity index is 859. The highest BCUT2D eigenvalue weighted by Crippen LogP contribution is 2.24. The number of thiophene rings is 1. The van der Waals surface area contributed by atoms with Gasteiger partial charge in [-0.2, -0.15) is 0 Å². The molecule has 2 fully saturated rings. The maximum absolute atomic E-state index is 12.8. The summed E-state index contributed by atoms with van der Waals surface area (Å²) in [7, 11) is 0. The van der Waals surface area contributed by atoms with E-state index in [-0.39, 0.29) is 24.4 Å². The second kappa shape index (κ2) is 8.32. The molecule has 1 atom stereocenters. The molecule has 0 bridgehead atoms. The second-order valence-corrected chi connectivity index (χ2v) is 8.70. The standard InChI is InChI=1S/C19H20N4O3S2/c24-17(13-28-15-3-6-20-7-4-15)21-9-10-22-16(12-21)18(25)23(19(22)26)8-5-14-2-1-11-27-14/h1-4,6-7,11,16H,5,8-10,12-13H2/t16-/m1/s1. The first-order valence-corrected chi connectivity index (χ1v) is 10.9. The smallest absolute Gasteiger partial charge is 0.327 e. The lowest BCUT2D eigenvalue weighted by Gasteiger charge is -2.35. The Morgan fingerprint density at radius 3 is 2.79 bits per heavy atom. The summed E-state index contributed by atoms with van der Waals surface area (Å²) in [6, 6.07) is 6.90. The van der Waals surface area contributed by atoms with Crippen molar-refractivity contribution in [3.05, 3.63) is 46.9 Å². The Morgan fingerprint density at radius 1 is 1.21 bits per heavy atom. The van der Waals surface area contributed by atoms with Gasteiger partial charge in [0.1, 0.15) is 6.04 Å². The fourth-order valence-electron chi connectivity index (χ4n) is 3.43. The maximum Gasteiger partial charge on any atom is 0.327 e. The first-order chi connectivity index (χ1) is 13.6. The summed E-state index contributed by atoms with van der Waals surface area (Å²) in [5, 5.41) is 1.99. The first-order valence-electron chi connectivity index (χ1n) is 9.08. The van der Waals surface area contributed by atoms with E-state index in [9.17, 15) is 14.4 Å². The number of rotatable bonds is 6. The number of amides is 4. The fraction of sp³-hybridized carbons (Fsp3) is 0.368. The van der Waals surface area contributed by atoms with E-state index in [1.807, 2.05) is 29.6 Å². The molecule has 9 heteroatoms. The zero-order chi connectivity index (χ0) is 19.5. The molecule has 2 aromatic heterocycles. The number of thioether (sulfide) groups is 1. The molecule has 7 nitrogen and oxygen atoms in total. The Balaban J connectivity index is 1.34. The van der Waals surface area contributed by atoms with Crippen LogP contribution in [0.3, 0.4) is 0 Å². The van der Waals surface area contributed by atoms with Crippen molar-refractivity contribution in [2.24, 2.45) is 0 Å². The first kappa shape index (κ1) is 18.9. The fourth-order valence-corrected chi connectivity index (χ4v) is 4.92. The van der Waals surface area contributed by atoms with Gasteiger partial charge in [0.05, 0.1) is 12.3 Å². The van der Waals surface area contributed by atoms with Crippen molar-refractivity contribution in [3.8, 4) is 0 Å². The average Bonchev–Trinajstić information content (AvgIpc) is 3.33. The van der Waals surface area contributed by atoms with Crippen LogP contribution in [0.25, 0.3) is 0 Å². The topological polar surface area (TPSA) is 73.8 Å². The molecular weight excluding hydrogens is 396 g/mol. The number of carbonyl (C=O) groups is 3. The van der Waals surface area contributed by atoms with Gasteiger partial charge >= 0.3 is 6.03 Å². The molecule has 4 rings (SSSR count). The number of urea groups is 1. The Labute approximate surface area is 171 Å². The van der Waals surface area contributed by atoms with Crippen LogP contribution in [0.5, 0.6) is 0 Å². The third-order valence-electron chi connectivity index (χ3n) is 4.93. The van der Waals surface area contributed by atoms with Crippen molar-refractivity contribution in [1.82, 2.24) is 19.7 Å². The molecule has 0 spiro atoms. The molecule has 146 valence electrons. The predicted octanol–water partition coefficient (Wildman–Crippen LogP) is 1.95.